The molecule has 0 saturated heterocycles. The van der Waals surface area contributed by atoms with Crippen molar-refractivity contribution in [3.63, 3.8) is 0 Å². The van der Waals surface area contributed by atoms with E-state index in [-0.39, 0.29) is 0 Å². The fourth-order valence-corrected chi connectivity index (χ4v) is 7.55. The summed E-state index contributed by atoms with van der Waals surface area (Å²) in [6.07, 6.45) is 0. The van der Waals surface area contributed by atoms with Crippen LogP contribution in [0.1, 0.15) is 0 Å². The summed E-state index contributed by atoms with van der Waals surface area (Å²) in [5, 5.41) is 6.55. The zero-order valence-electron chi connectivity index (χ0n) is 26.7. The van der Waals surface area contributed by atoms with Crippen LogP contribution < -0.4 is 0 Å². The lowest BCUT2D eigenvalue weighted by Crippen LogP contribution is -1.91. The molecule has 0 aliphatic carbocycles. The Hall–Kier alpha value is -6.85. The molecule has 5 heteroatoms. The first kappa shape index (κ1) is 27.1. The average Bonchev–Trinajstić information content (AvgIpc) is 3.77. The van der Waals surface area contributed by atoms with Gasteiger partial charge >= 0.3 is 0 Å². The molecule has 5 heterocycles. The molecular weight excluding hydrogens is 613 g/mol. The number of furan rings is 1. The highest BCUT2D eigenvalue weighted by Crippen LogP contribution is 2.40. The zero-order valence-corrected chi connectivity index (χ0v) is 26.7. The van der Waals surface area contributed by atoms with E-state index in [0.29, 0.717) is 0 Å². The van der Waals surface area contributed by atoms with E-state index >= 15 is 0 Å². The van der Waals surface area contributed by atoms with Gasteiger partial charge in [0.2, 0.25) is 5.71 Å². The van der Waals surface area contributed by atoms with Crippen molar-refractivity contribution in [2.24, 2.45) is 0 Å². The van der Waals surface area contributed by atoms with Gasteiger partial charge in [-0.05, 0) is 59.0 Å². The molecule has 0 aliphatic heterocycles. The molecule has 0 N–H and O–H groups in total. The lowest BCUT2D eigenvalue weighted by atomic mass is 9.98. The van der Waals surface area contributed by atoms with Gasteiger partial charge in [0.05, 0.1) is 38.8 Å². The molecule has 0 radical (unpaired) electrons. The molecule has 11 rings (SSSR count). The topological polar surface area (TPSA) is 56.2 Å². The van der Waals surface area contributed by atoms with Gasteiger partial charge < -0.3 is 4.42 Å². The smallest absolute Gasteiger partial charge is 0.215 e. The van der Waals surface area contributed by atoms with E-state index in [4.69, 9.17) is 19.4 Å². The van der Waals surface area contributed by atoms with Crippen LogP contribution in [0, 0.1) is 0 Å². The van der Waals surface area contributed by atoms with E-state index in [1.807, 2.05) is 24.3 Å². The minimum Gasteiger partial charge on any atom is -0.439 e. The Morgan fingerprint density at radius 3 is 1.90 bits per heavy atom. The standard InChI is InChI=1S/C45H26N4O/c1-2-9-27(10-3-1)36-22-19-28-17-18-29-20-23-37(47-43(29)42(28)46-36)32-12-8-11-30(25-32)31-21-24-40-35(26-31)41-33-13-4-5-14-34(33)44-48-38-15-6-7-16-39(38)49(44)45(41)50-40/h1-26H. The molecule has 0 aliphatic rings. The first-order valence-electron chi connectivity index (χ1n) is 16.8. The Labute approximate surface area is 285 Å². The number of para-hydroxylation sites is 2. The number of fused-ring (bicyclic) bond motifs is 13. The van der Waals surface area contributed by atoms with Crippen LogP contribution in [0.25, 0.3) is 105 Å². The number of pyridine rings is 3. The van der Waals surface area contributed by atoms with Gasteiger partial charge in [0, 0.05) is 32.7 Å². The summed E-state index contributed by atoms with van der Waals surface area (Å²) in [5.74, 6) is 0. The van der Waals surface area contributed by atoms with Gasteiger partial charge in [-0.25, -0.2) is 15.0 Å². The van der Waals surface area contributed by atoms with Crippen LogP contribution in [0.5, 0.6) is 0 Å². The molecule has 0 spiro atoms. The van der Waals surface area contributed by atoms with Crippen LogP contribution in [0.4, 0.5) is 0 Å². The van der Waals surface area contributed by atoms with Crippen LogP contribution >= 0.6 is 0 Å². The van der Waals surface area contributed by atoms with Crippen molar-refractivity contribution in [3.05, 3.63) is 158 Å². The highest BCUT2D eigenvalue weighted by atomic mass is 16.3. The first-order chi connectivity index (χ1) is 24.8. The monoisotopic (exact) mass is 638 g/mol. The third-order valence-electron chi connectivity index (χ3n) is 9.95. The molecule has 50 heavy (non-hydrogen) atoms. The van der Waals surface area contributed by atoms with E-state index in [0.717, 1.165) is 105 Å². The van der Waals surface area contributed by atoms with E-state index < -0.39 is 0 Å². The van der Waals surface area contributed by atoms with Crippen LogP contribution in [0.3, 0.4) is 0 Å². The second kappa shape index (κ2) is 10.3. The normalized spacial score (nSPS) is 12.0. The van der Waals surface area contributed by atoms with Gasteiger partial charge in [0.25, 0.3) is 0 Å². The van der Waals surface area contributed by atoms with Crippen molar-refractivity contribution in [1.82, 2.24) is 19.4 Å². The van der Waals surface area contributed by atoms with Gasteiger partial charge in [-0.3, -0.25) is 4.40 Å². The Morgan fingerprint density at radius 2 is 1.08 bits per heavy atom. The van der Waals surface area contributed by atoms with Crippen molar-refractivity contribution >= 4 is 71.3 Å². The summed E-state index contributed by atoms with van der Waals surface area (Å²) in [4.78, 5) is 15.3. The molecule has 0 fully saturated rings. The maximum absolute atomic E-state index is 6.64. The molecule has 0 amide bonds. The van der Waals surface area contributed by atoms with E-state index in [1.165, 1.54) is 0 Å². The van der Waals surface area contributed by atoms with Gasteiger partial charge in [-0.1, -0.05) is 115 Å². The molecule has 0 atom stereocenters. The fraction of sp³-hybridized carbons (Fsp3) is 0. The molecule has 6 aromatic carbocycles. The number of nitrogens with zero attached hydrogens (tertiary/aromatic N) is 4. The van der Waals surface area contributed by atoms with Gasteiger partial charge in [0.1, 0.15) is 11.2 Å². The third-order valence-corrected chi connectivity index (χ3v) is 9.95. The highest BCUT2D eigenvalue weighted by Gasteiger charge is 2.19. The van der Waals surface area contributed by atoms with E-state index in [2.05, 4.69) is 138 Å². The first-order valence-corrected chi connectivity index (χ1v) is 16.8. The molecule has 0 bridgehead atoms. The summed E-state index contributed by atoms with van der Waals surface area (Å²) >= 11 is 0. The van der Waals surface area contributed by atoms with Crippen molar-refractivity contribution in [2.45, 2.75) is 0 Å². The van der Waals surface area contributed by atoms with Crippen molar-refractivity contribution in [1.29, 1.82) is 0 Å². The molecule has 11 aromatic rings. The number of benzene rings is 6. The van der Waals surface area contributed by atoms with Gasteiger partial charge in [0.15, 0.2) is 0 Å². The molecule has 0 saturated carbocycles. The summed E-state index contributed by atoms with van der Waals surface area (Å²) in [6, 6.07) is 54.9. The largest absolute Gasteiger partial charge is 0.439 e. The SMILES string of the molecule is c1ccc(-c2ccc3ccc4ccc(-c5cccc(-c6ccc7oc8c(c7c6)c6ccccc6c6nc7ccccc7n68)c5)nc4c3n2)cc1. The van der Waals surface area contributed by atoms with Gasteiger partial charge in [-0.15, -0.1) is 0 Å². The van der Waals surface area contributed by atoms with E-state index in [9.17, 15) is 0 Å². The Morgan fingerprint density at radius 1 is 0.440 bits per heavy atom. The van der Waals surface area contributed by atoms with Crippen molar-refractivity contribution in [3.8, 4) is 33.6 Å². The summed E-state index contributed by atoms with van der Waals surface area (Å²) in [5.41, 5.74) is 12.6. The lowest BCUT2D eigenvalue weighted by Gasteiger charge is -2.09. The number of imidazole rings is 1. The van der Waals surface area contributed by atoms with Crippen molar-refractivity contribution < 1.29 is 4.42 Å². The quantitative estimate of drug-likeness (QED) is 0.181. The van der Waals surface area contributed by atoms with Crippen LogP contribution in [-0.4, -0.2) is 19.4 Å². The minimum atomic E-state index is 0.810. The molecule has 232 valence electrons. The minimum absolute atomic E-state index is 0.810. The van der Waals surface area contributed by atoms with Gasteiger partial charge in [-0.2, -0.15) is 0 Å². The lowest BCUT2D eigenvalue weighted by molar-refractivity contribution is 0.650. The summed E-state index contributed by atoms with van der Waals surface area (Å²) in [6.45, 7) is 0. The number of rotatable bonds is 3. The Bertz CT molecular complexity index is 3160. The zero-order chi connectivity index (χ0) is 32.8. The van der Waals surface area contributed by atoms with Crippen LogP contribution in [0.2, 0.25) is 0 Å². The Balaban J connectivity index is 1.07. The molecule has 0 unspecified atom stereocenters. The number of hydrogen-bond acceptors (Lipinski definition) is 4. The second-order valence-corrected chi connectivity index (χ2v) is 12.8. The molecular formula is C45H26N4O. The van der Waals surface area contributed by atoms with Crippen molar-refractivity contribution in [2.75, 3.05) is 0 Å². The summed E-state index contributed by atoms with van der Waals surface area (Å²) < 4.78 is 8.81. The second-order valence-electron chi connectivity index (χ2n) is 12.8. The van der Waals surface area contributed by atoms with Crippen LogP contribution in [-0.2, 0) is 0 Å². The van der Waals surface area contributed by atoms with E-state index in [1.54, 1.807) is 0 Å². The third kappa shape index (κ3) is 3.98. The maximum atomic E-state index is 6.64. The fourth-order valence-electron chi connectivity index (χ4n) is 7.55. The number of hydrogen-bond donors (Lipinski definition) is 0. The predicted molar refractivity (Wildman–Crippen MR) is 204 cm³/mol. The molecule has 5 nitrogen and oxygen atoms in total. The predicted octanol–water partition coefficient (Wildman–Crippen LogP) is 11.6. The summed E-state index contributed by atoms with van der Waals surface area (Å²) in [7, 11) is 0. The molecule has 5 aromatic heterocycles. The maximum Gasteiger partial charge on any atom is 0.215 e. The van der Waals surface area contributed by atoms with Crippen LogP contribution in [0.15, 0.2) is 162 Å². The number of aromatic nitrogens is 4. The Kier molecular flexibility index (Phi) is 5.60. The average molecular weight is 639 g/mol. The highest BCUT2D eigenvalue weighted by molar-refractivity contribution is 6.22.